The Kier molecular flexibility index (Phi) is 5.20. The van der Waals surface area contributed by atoms with E-state index in [1.165, 1.54) is 0 Å². The molecule has 0 radical (unpaired) electrons. The van der Waals surface area contributed by atoms with Crippen molar-refractivity contribution in [1.82, 2.24) is 10.0 Å². The van der Waals surface area contributed by atoms with Gasteiger partial charge in [0.15, 0.2) is 0 Å². The molecular weight excluding hydrogens is 272 g/mol. The second-order valence-electron chi connectivity index (χ2n) is 4.03. The van der Waals surface area contributed by atoms with Crippen LogP contribution in [0.5, 0.6) is 0 Å². The van der Waals surface area contributed by atoms with E-state index in [0.717, 1.165) is 17.5 Å². The summed E-state index contributed by atoms with van der Waals surface area (Å²) in [4.78, 5) is 23.3. The molecule has 0 aliphatic rings. The summed E-state index contributed by atoms with van der Waals surface area (Å²) in [5.74, 6) is -0.287. The van der Waals surface area contributed by atoms with Crippen molar-refractivity contribution >= 4 is 23.1 Å². The van der Waals surface area contributed by atoms with Gasteiger partial charge in [0, 0.05) is 12.1 Å². The van der Waals surface area contributed by atoms with Crippen molar-refractivity contribution in [2.24, 2.45) is 0 Å². The summed E-state index contributed by atoms with van der Waals surface area (Å²) in [7, 11) is 0. The Morgan fingerprint density at radius 1 is 0.900 bits per heavy atom. The van der Waals surface area contributed by atoms with Crippen LogP contribution >= 0.6 is 11.9 Å². The quantitative estimate of drug-likeness (QED) is 0.853. The number of amides is 2. The van der Waals surface area contributed by atoms with E-state index in [0.29, 0.717) is 12.1 Å². The fraction of sp³-hybridized carbons (Fsp3) is 0.0667. The molecule has 0 aliphatic carbocycles. The van der Waals surface area contributed by atoms with E-state index in [-0.39, 0.29) is 11.1 Å². The summed E-state index contributed by atoms with van der Waals surface area (Å²) in [6.45, 7) is 0.438. The normalized spacial score (nSPS) is 9.80. The Morgan fingerprint density at radius 3 is 2.15 bits per heavy atom. The van der Waals surface area contributed by atoms with E-state index in [1.54, 1.807) is 24.3 Å². The van der Waals surface area contributed by atoms with Gasteiger partial charge in [-0.25, -0.2) is 0 Å². The summed E-state index contributed by atoms with van der Waals surface area (Å²) >= 11 is 0.749. The molecule has 0 saturated carbocycles. The van der Waals surface area contributed by atoms with Crippen LogP contribution < -0.4 is 10.0 Å². The molecule has 0 unspecified atom stereocenters. The number of hydrogen-bond acceptors (Lipinski definition) is 3. The lowest BCUT2D eigenvalue weighted by Crippen LogP contribution is -2.24. The minimum absolute atomic E-state index is 0.287. The highest BCUT2D eigenvalue weighted by molar-refractivity contribution is 8.12. The lowest BCUT2D eigenvalue weighted by molar-refractivity contribution is 0.0984. The average Bonchev–Trinajstić information content (AvgIpc) is 2.52. The molecule has 2 rings (SSSR count). The third-order valence-electron chi connectivity index (χ3n) is 2.55. The van der Waals surface area contributed by atoms with Gasteiger partial charge in [-0.05, 0) is 17.7 Å². The first-order valence-electron chi connectivity index (χ1n) is 6.09. The molecule has 2 N–H and O–H groups in total. The summed E-state index contributed by atoms with van der Waals surface area (Å²) in [5, 5.41) is 2.42. The van der Waals surface area contributed by atoms with E-state index in [2.05, 4.69) is 10.0 Å². The van der Waals surface area contributed by atoms with Crippen molar-refractivity contribution in [2.75, 3.05) is 0 Å². The highest BCUT2D eigenvalue weighted by Gasteiger charge is 2.08. The molecule has 0 spiro atoms. The van der Waals surface area contributed by atoms with Gasteiger partial charge in [-0.3, -0.25) is 14.3 Å². The molecule has 0 fully saturated rings. The minimum Gasteiger partial charge on any atom is -0.341 e. The second-order valence-corrected chi connectivity index (χ2v) is 4.80. The van der Waals surface area contributed by atoms with E-state index >= 15 is 0 Å². The number of carbonyl (C=O) groups excluding carboxylic acids is 2. The Labute approximate surface area is 121 Å². The Bertz CT molecular complexity index is 573. The van der Waals surface area contributed by atoms with Crippen molar-refractivity contribution in [3.63, 3.8) is 0 Å². The van der Waals surface area contributed by atoms with Gasteiger partial charge in [0.2, 0.25) is 0 Å². The molecule has 0 bridgehead atoms. The predicted molar refractivity (Wildman–Crippen MR) is 80.2 cm³/mol. The third kappa shape index (κ3) is 4.44. The number of benzene rings is 2. The molecule has 0 saturated heterocycles. The van der Waals surface area contributed by atoms with Crippen LogP contribution in [0.1, 0.15) is 15.9 Å². The Balaban J connectivity index is 1.74. The van der Waals surface area contributed by atoms with E-state index in [4.69, 9.17) is 0 Å². The lowest BCUT2D eigenvalue weighted by atomic mass is 10.2. The van der Waals surface area contributed by atoms with E-state index in [9.17, 15) is 9.59 Å². The zero-order valence-corrected chi connectivity index (χ0v) is 11.5. The maximum atomic E-state index is 11.7. The Morgan fingerprint density at radius 2 is 1.50 bits per heavy atom. The number of nitrogens with one attached hydrogen (secondary N) is 2. The molecule has 2 amide bonds. The zero-order chi connectivity index (χ0) is 14.2. The van der Waals surface area contributed by atoms with E-state index < -0.39 is 0 Å². The first-order valence-corrected chi connectivity index (χ1v) is 6.91. The summed E-state index contributed by atoms with van der Waals surface area (Å²) in [5.41, 5.74) is 1.53. The van der Waals surface area contributed by atoms with Gasteiger partial charge in [0.05, 0.1) is 11.9 Å². The number of carbonyl (C=O) groups is 2. The average molecular weight is 286 g/mol. The molecule has 20 heavy (non-hydrogen) atoms. The molecule has 4 nitrogen and oxygen atoms in total. The first-order chi connectivity index (χ1) is 9.75. The predicted octanol–water partition coefficient (Wildman–Crippen LogP) is 2.97. The van der Waals surface area contributed by atoms with Crippen LogP contribution in [0.25, 0.3) is 0 Å². The molecule has 0 aliphatic heterocycles. The standard InChI is InChI=1S/C15H14N2O2S/c18-14(13-9-5-2-6-10-13)17-20-15(19)16-11-12-7-3-1-4-8-12/h1-10H,11H2,(H,16,19)(H,17,18). The molecule has 0 aromatic heterocycles. The van der Waals surface area contributed by atoms with Crippen LogP contribution in [0.3, 0.4) is 0 Å². The number of rotatable bonds is 3. The van der Waals surface area contributed by atoms with Gasteiger partial charge in [0.1, 0.15) is 0 Å². The molecule has 2 aromatic rings. The van der Waals surface area contributed by atoms with Crippen molar-refractivity contribution in [3.05, 3.63) is 71.8 Å². The van der Waals surface area contributed by atoms with Crippen molar-refractivity contribution < 1.29 is 9.59 Å². The largest absolute Gasteiger partial charge is 0.341 e. The smallest absolute Gasteiger partial charge is 0.299 e. The maximum Gasteiger partial charge on any atom is 0.299 e. The molecule has 2 aromatic carbocycles. The SMILES string of the molecule is O=C(NCc1ccccc1)SNC(=O)c1ccccc1. The molecule has 0 atom stereocenters. The Hall–Kier alpha value is -2.27. The van der Waals surface area contributed by atoms with Gasteiger partial charge in [-0.1, -0.05) is 48.5 Å². The van der Waals surface area contributed by atoms with Crippen LogP contribution in [-0.4, -0.2) is 11.1 Å². The van der Waals surface area contributed by atoms with Gasteiger partial charge in [-0.15, -0.1) is 0 Å². The highest BCUT2D eigenvalue weighted by atomic mass is 32.2. The third-order valence-corrected chi connectivity index (χ3v) is 3.17. The maximum absolute atomic E-state index is 11.7. The van der Waals surface area contributed by atoms with Gasteiger partial charge in [0.25, 0.3) is 11.1 Å². The number of hydrogen-bond donors (Lipinski definition) is 2. The van der Waals surface area contributed by atoms with Crippen LogP contribution in [0.4, 0.5) is 4.79 Å². The summed E-state index contributed by atoms with van der Waals surface area (Å²) in [6.07, 6.45) is 0. The van der Waals surface area contributed by atoms with Crippen LogP contribution in [-0.2, 0) is 6.54 Å². The van der Waals surface area contributed by atoms with Crippen LogP contribution in [0.15, 0.2) is 60.7 Å². The molecule has 0 heterocycles. The van der Waals surface area contributed by atoms with Gasteiger partial charge < -0.3 is 5.32 Å². The second kappa shape index (κ2) is 7.35. The fourth-order valence-electron chi connectivity index (χ4n) is 1.55. The molecular formula is C15H14N2O2S. The summed E-state index contributed by atoms with van der Waals surface area (Å²) < 4.78 is 2.50. The monoisotopic (exact) mass is 286 g/mol. The molecule has 5 heteroatoms. The fourth-order valence-corrected chi connectivity index (χ4v) is 1.99. The van der Waals surface area contributed by atoms with Crippen LogP contribution in [0, 0.1) is 0 Å². The zero-order valence-electron chi connectivity index (χ0n) is 10.7. The van der Waals surface area contributed by atoms with E-state index in [1.807, 2.05) is 36.4 Å². The molecule has 102 valence electrons. The van der Waals surface area contributed by atoms with Crippen LogP contribution in [0.2, 0.25) is 0 Å². The van der Waals surface area contributed by atoms with Crippen molar-refractivity contribution in [3.8, 4) is 0 Å². The lowest BCUT2D eigenvalue weighted by Gasteiger charge is -2.05. The highest BCUT2D eigenvalue weighted by Crippen LogP contribution is 2.04. The van der Waals surface area contributed by atoms with Crippen molar-refractivity contribution in [2.45, 2.75) is 6.54 Å². The minimum atomic E-state index is -0.293. The van der Waals surface area contributed by atoms with Gasteiger partial charge in [-0.2, -0.15) is 0 Å². The van der Waals surface area contributed by atoms with Crippen molar-refractivity contribution in [1.29, 1.82) is 0 Å². The first kappa shape index (κ1) is 14.1. The summed E-state index contributed by atoms with van der Waals surface area (Å²) in [6, 6.07) is 18.3. The topological polar surface area (TPSA) is 58.2 Å². The van der Waals surface area contributed by atoms with Gasteiger partial charge >= 0.3 is 0 Å².